The third kappa shape index (κ3) is 3.16. The molecule has 0 bridgehead atoms. The summed E-state index contributed by atoms with van der Waals surface area (Å²) in [5, 5.41) is 0.156. The van der Waals surface area contributed by atoms with Gasteiger partial charge in [0, 0.05) is 0 Å². The minimum Gasteiger partial charge on any atom is -0.466 e. The van der Waals surface area contributed by atoms with Gasteiger partial charge in [0.25, 0.3) is 0 Å². The second-order valence-electron chi connectivity index (χ2n) is 4.55. The van der Waals surface area contributed by atoms with Crippen molar-refractivity contribution in [1.29, 1.82) is 0 Å². The molecule has 0 saturated carbocycles. The molecule has 0 fully saturated rings. The summed E-state index contributed by atoms with van der Waals surface area (Å²) in [6.07, 6.45) is 4.02. The zero-order valence-electron chi connectivity index (χ0n) is 10.8. The van der Waals surface area contributed by atoms with Gasteiger partial charge in [-0.25, -0.2) is 4.39 Å². The molecule has 0 aromatic heterocycles. The molecule has 0 heterocycles. The zero-order chi connectivity index (χ0) is 13.8. The highest BCUT2D eigenvalue weighted by molar-refractivity contribution is 6.32. The van der Waals surface area contributed by atoms with E-state index in [1.165, 1.54) is 6.07 Å². The van der Waals surface area contributed by atoms with E-state index in [0.717, 1.165) is 17.6 Å². The maximum atomic E-state index is 13.4. The summed E-state index contributed by atoms with van der Waals surface area (Å²) in [5.41, 5.74) is 1.73. The Morgan fingerprint density at radius 3 is 2.95 bits per heavy atom. The van der Waals surface area contributed by atoms with Crippen LogP contribution in [-0.2, 0) is 9.53 Å². The highest BCUT2D eigenvalue weighted by atomic mass is 35.5. The van der Waals surface area contributed by atoms with Crippen LogP contribution in [0.25, 0.3) is 5.57 Å². The van der Waals surface area contributed by atoms with Crippen LogP contribution in [0.15, 0.2) is 24.3 Å². The number of carbonyl (C=O) groups excluding carboxylic acids is 1. The summed E-state index contributed by atoms with van der Waals surface area (Å²) in [6.45, 7) is 2.20. The van der Waals surface area contributed by atoms with Gasteiger partial charge in [0.15, 0.2) is 0 Å². The molecule has 0 N–H and O–H groups in total. The lowest BCUT2D eigenvalue weighted by molar-refractivity contribution is -0.148. The first-order valence-corrected chi connectivity index (χ1v) is 6.81. The molecule has 1 unspecified atom stereocenters. The number of hydrogen-bond donors (Lipinski definition) is 0. The maximum Gasteiger partial charge on any atom is 0.309 e. The lowest BCUT2D eigenvalue weighted by atomic mass is 9.86. The monoisotopic (exact) mass is 282 g/mol. The number of benzene rings is 1. The predicted octanol–water partition coefficient (Wildman–Crippen LogP) is 4.23. The van der Waals surface area contributed by atoms with E-state index in [1.807, 2.05) is 12.1 Å². The summed E-state index contributed by atoms with van der Waals surface area (Å²) < 4.78 is 18.4. The van der Waals surface area contributed by atoms with Gasteiger partial charge in [0.05, 0.1) is 17.5 Å². The number of allylic oxidation sites excluding steroid dienone is 2. The Hall–Kier alpha value is -1.35. The predicted molar refractivity (Wildman–Crippen MR) is 73.4 cm³/mol. The van der Waals surface area contributed by atoms with Gasteiger partial charge < -0.3 is 4.74 Å². The van der Waals surface area contributed by atoms with Crippen LogP contribution in [0, 0.1) is 11.7 Å². The molecule has 1 aliphatic rings. The van der Waals surface area contributed by atoms with Gasteiger partial charge in [0.1, 0.15) is 5.82 Å². The molecule has 4 heteroatoms. The summed E-state index contributed by atoms with van der Waals surface area (Å²) in [5.74, 6) is -0.647. The van der Waals surface area contributed by atoms with E-state index in [0.29, 0.717) is 19.4 Å². The van der Waals surface area contributed by atoms with E-state index >= 15 is 0 Å². The molecular formula is C15H16ClFO2. The Kier molecular flexibility index (Phi) is 4.59. The Bertz CT molecular complexity index is 511. The topological polar surface area (TPSA) is 26.3 Å². The van der Waals surface area contributed by atoms with E-state index in [4.69, 9.17) is 16.3 Å². The van der Waals surface area contributed by atoms with Gasteiger partial charge >= 0.3 is 5.97 Å². The van der Waals surface area contributed by atoms with Crippen LogP contribution < -0.4 is 0 Å². The number of ether oxygens (including phenoxy) is 1. The minimum absolute atomic E-state index is 0.0870. The average molecular weight is 283 g/mol. The molecule has 2 nitrogen and oxygen atoms in total. The largest absolute Gasteiger partial charge is 0.466 e. The first-order valence-electron chi connectivity index (χ1n) is 6.43. The lowest BCUT2D eigenvalue weighted by Crippen LogP contribution is -2.19. The Morgan fingerprint density at radius 2 is 2.32 bits per heavy atom. The maximum absolute atomic E-state index is 13.4. The highest BCUT2D eigenvalue weighted by Crippen LogP contribution is 2.35. The van der Waals surface area contributed by atoms with Crippen LogP contribution in [0.5, 0.6) is 0 Å². The van der Waals surface area contributed by atoms with Crippen LogP contribution in [0.3, 0.4) is 0 Å². The molecular weight excluding hydrogens is 267 g/mol. The number of esters is 1. The second kappa shape index (κ2) is 6.20. The third-order valence-electron chi connectivity index (χ3n) is 3.33. The number of hydrogen-bond acceptors (Lipinski definition) is 2. The minimum atomic E-state index is -0.410. The van der Waals surface area contributed by atoms with Crippen LogP contribution >= 0.6 is 11.6 Å². The Morgan fingerprint density at radius 1 is 1.53 bits per heavy atom. The van der Waals surface area contributed by atoms with Crippen molar-refractivity contribution < 1.29 is 13.9 Å². The molecule has 2 rings (SSSR count). The van der Waals surface area contributed by atoms with Crippen LogP contribution in [0.4, 0.5) is 4.39 Å². The molecule has 102 valence electrons. The number of halogens is 2. The van der Waals surface area contributed by atoms with Gasteiger partial charge in [-0.1, -0.05) is 29.8 Å². The van der Waals surface area contributed by atoms with Gasteiger partial charge in [0.2, 0.25) is 0 Å². The normalized spacial score (nSPS) is 18.9. The van der Waals surface area contributed by atoms with Gasteiger partial charge in [-0.05, 0) is 43.4 Å². The summed E-state index contributed by atoms with van der Waals surface area (Å²) in [6, 6.07) is 4.80. The van der Waals surface area contributed by atoms with Crippen LogP contribution in [-0.4, -0.2) is 12.6 Å². The highest BCUT2D eigenvalue weighted by Gasteiger charge is 2.24. The number of carbonyl (C=O) groups is 1. The zero-order valence-corrected chi connectivity index (χ0v) is 11.5. The summed E-state index contributed by atoms with van der Waals surface area (Å²) in [4.78, 5) is 11.6. The van der Waals surface area contributed by atoms with Crippen LogP contribution in [0.1, 0.15) is 31.7 Å². The van der Waals surface area contributed by atoms with Crippen molar-refractivity contribution in [2.24, 2.45) is 5.92 Å². The van der Waals surface area contributed by atoms with E-state index < -0.39 is 5.82 Å². The average Bonchev–Trinajstić information content (AvgIpc) is 2.42. The summed E-state index contributed by atoms with van der Waals surface area (Å²) in [7, 11) is 0. The third-order valence-corrected chi connectivity index (χ3v) is 3.71. The van der Waals surface area contributed by atoms with Crippen molar-refractivity contribution in [3.05, 3.63) is 40.7 Å². The Labute approximate surface area is 117 Å². The van der Waals surface area contributed by atoms with Crippen molar-refractivity contribution >= 4 is 23.1 Å². The van der Waals surface area contributed by atoms with E-state index in [1.54, 1.807) is 13.0 Å². The fourth-order valence-corrected chi connectivity index (χ4v) is 2.55. The molecule has 0 saturated heterocycles. The second-order valence-corrected chi connectivity index (χ2v) is 4.93. The van der Waals surface area contributed by atoms with E-state index in [-0.39, 0.29) is 16.9 Å². The van der Waals surface area contributed by atoms with E-state index in [9.17, 15) is 9.18 Å². The molecule has 1 aliphatic carbocycles. The first kappa shape index (κ1) is 14.1. The molecule has 1 atom stereocenters. The lowest BCUT2D eigenvalue weighted by Gasteiger charge is -2.21. The van der Waals surface area contributed by atoms with Crippen molar-refractivity contribution in [1.82, 2.24) is 0 Å². The summed E-state index contributed by atoms with van der Waals surface area (Å²) >= 11 is 5.97. The van der Waals surface area contributed by atoms with Gasteiger partial charge in [-0.3, -0.25) is 4.79 Å². The van der Waals surface area contributed by atoms with Crippen molar-refractivity contribution in [2.75, 3.05) is 6.61 Å². The molecule has 1 aromatic carbocycles. The molecule has 19 heavy (non-hydrogen) atoms. The smallest absolute Gasteiger partial charge is 0.309 e. The Balaban J connectivity index is 2.13. The fourth-order valence-electron chi connectivity index (χ4n) is 2.30. The quantitative estimate of drug-likeness (QED) is 0.776. The molecule has 0 radical (unpaired) electrons. The molecule has 0 amide bonds. The van der Waals surface area contributed by atoms with E-state index in [2.05, 4.69) is 0 Å². The molecule has 0 aliphatic heterocycles. The molecule has 0 spiro atoms. The first-order chi connectivity index (χ1) is 9.13. The van der Waals surface area contributed by atoms with Crippen molar-refractivity contribution in [2.45, 2.75) is 26.2 Å². The van der Waals surface area contributed by atoms with Gasteiger partial charge in [-0.2, -0.15) is 0 Å². The van der Waals surface area contributed by atoms with Crippen molar-refractivity contribution in [3.8, 4) is 0 Å². The van der Waals surface area contributed by atoms with Crippen LogP contribution in [0.2, 0.25) is 5.02 Å². The standard InChI is InChI=1S/C15H16ClFO2/c1-2-19-15(18)11-8-6-10(7-9-11)12-4-3-5-13(17)14(12)16/h3-6,11H,2,7-9H2,1H3. The number of rotatable bonds is 3. The van der Waals surface area contributed by atoms with Gasteiger partial charge in [-0.15, -0.1) is 0 Å². The fraction of sp³-hybridized carbons (Fsp3) is 0.400. The molecule has 1 aromatic rings. The van der Waals surface area contributed by atoms with Crippen molar-refractivity contribution in [3.63, 3.8) is 0 Å². The SMILES string of the molecule is CCOC(=O)C1CC=C(c2cccc(F)c2Cl)CC1.